The van der Waals surface area contributed by atoms with E-state index in [1.807, 2.05) is 27.0 Å². The van der Waals surface area contributed by atoms with Crippen molar-refractivity contribution in [2.24, 2.45) is 10.9 Å². The highest BCUT2D eigenvalue weighted by Gasteiger charge is 2.13. The normalized spacial score (nSPS) is 15.5. The number of nitrogens with zero attached hydrogens (tertiary/aromatic N) is 1. The van der Waals surface area contributed by atoms with Crippen LogP contribution in [-0.4, -0.2) is 5.71 Å². The molecule has 0 aliphatic rings. The minimum absolute atomic E-state index is 0.279. The highest BCUT2D eigenvalue weighted by atomic mass is 14.7. The van der Waals surface area contributed by atoms with E-state index in [9.17, 15) is 0 Å². The van der Waals surface area contributed by atoms with Crippen molar-refractivity contribution in [3.8, 4) is 0 Å². The van der Waals surface area contributed by atoms with Gasteiger partial charge in [-0.25, -0.2) is 0 Å². The maximum absolute atomic E-state index is 4.45. The van der Waals surface area contributed by atoms with Crippen LogP contribution in [0.25, 0.3) is 0 Å². The molecule has 1 nitrogen and oxygen atoms in total. The van der Waals surface area contributed by atoms with Crippen LogP contribution in [0.4, 0.5) is 0 Å². The van der Waals surface area contributed by atoms with Crippen LogP contribution in [0.1, 0.15) is 68.7 Å². The van der Waals surface area contributed by atoms with Crippen molar-refractivity contribution in [2.45, 2.75) is 68.7 Å². The SMILES string of the molecule is C=C(C)C(=C\C)/C=C(\C(=C)C)C(C)\C(C)=C/C(=C\CC)C(/C)=C/N=C(C)C. The Kier molecular flexibility index (Phi) is 11.3. The monoisotopic (exact) mass is 365 g/mol. The van der Waals surface area contributed by atoms with Crippen molar-refractivity contribution < 1.29 is 0 Å². The van der Waals surface area contributed by atoms with Crippen molar-refractivity contribution in [1.82, 2.24) is 0 Å². The summed E-state index contributed by atoms with van der Waals surface area (Å²) in [5.41, 5.74) is 9.37. The fourth-order valence-corrected chi connectivity index (χ4v) is 2.71. The Hall–Kier alpha value is -2.15. The summed E-state index contributed by atoms with van der Waals surface area (Å²) in [6.45, 7) is 27.2. The van der Waals surface area contributed by atoms with E-state index >= 15 is 0 Å². The molecule has 0 rings (SSSR count). The fourth-order valence-electron chi connectivity index (χ4n) is 2.71. The second-order valence-electron chi connectivity index (χ2n) is 7.47. The van der Waals surface area contributed by atoms with Crippen LogP contribution < -0.4 is 0 Å². The summed E-state index contributed by atoms with van der Waals surface area (Å²) in [5, 5.41) is 0. The summed E-state index contributed by atoms with van der Waals surface area (Å²) in [5.74, 6) is 0.279. The molecule has 0 aliphatic heterocycles. The molecule has 0 fully saturated rings. The fraction of sp³-hybridized carbons (Fsp3) is 0.423. The maximum Gasteiger partial charge on any atom is 0.0302 e. The maximum atomic E-state index is 4.45. The van der Waals surface area contributed by atoms with Crippen molar-refractivity contribution in [2.75, 3.05) is 0 Å². The summed E-state index contributed by atoms with van der Waals surface area (Å²) < 4.78 is 0. The van der Waals surface area contributed by atoms with Gasteiger partial charge in [0.1, 0.15) is 0 Å². The number of aliphatic imine (C=N–C) groups is 1. The number of hydrogen-bond acceptors (Lipinski definition) is 1. The summed E-state index contributed by atoms with van der Waals surface area (Å²) >= 11 is 0. The molecule has 0 aromatic rings. The Morgan fingerprint density at radius 1 is 0.926 bits per heavy atom. The van der Waals surface area contributed by atoms with Crippen LogP contribution in [-0.2, 0) is 0 Å². The first-order chi connectivity index (χ1) is 12.5. The van der Waals surface area contributed by atoms with Gasteiger partial charge in [-0.15, -0.1) is 0 Å². The van der Waals surface area contributed by atoms with Crippen molar-refractivity contribution in [3.05, 3.63) is 82.7 Å². The van der Waals surface area contributed by atoms with Crippen LogP contribution >= 0.6 is 0 Å². The van der Waals surface area contributed by atoms with E-state index in [2.05, 4.69) is 84.0 Å². The Labute approximate surface area is 168 Å². The molecule has 27 heavy (non-hydrogen) atoms. The van der Waals surface area contributed by atoms with E-state index in [4.69, 9.17) is 0 Å². The molecule has 0 bridgehead atoms. The Balaban J connectivity index is 6.03. The Bertz CT molecular complexity index is 726. The zero-order valence-corrected chi connectivity index (χ0v) is 19.0. The van der Waals surface area contributed by atoms with E-state index in [1.54, 1.807) is 0 Å². The summed E-state index contributed by atoms with van der Waals surface area (Å²) in [7, 11) is 0. The quantitative estimate of drug-likeness (QED) is 0.288. The standard InChI is InChI=1S/C26H39N/c1-12-14-25(22(10)17-27-20(7)8)15-21(9)23(11)26(19(5)6)16-24(13-2)18(3)4/h13-17,23H,3,5,12H2,1-2,4,6-11H3/b21-15-,22-17+,24-13-,25-14+,26-16+. The highest BCUT2D eigenvalue weighted by molar-refractivity contribution is 5.79. The van der Waals surface area contributed by atoms with Crippen LogP contribution in [0.2, 0.25) is 0 Å². The van der Waals surface area contributed by atoms with Crippen LogP contribution in [0, 0.1) is 5.92 Å². The van der Waals surface area contributed by atoms with Gasteiger partial charge in [0.15, 0.2) is 0 Å². The molecule has 0 amide bonds. The lowest BCUT2D eigenvalue weighted by molar-refractivity contribution is 0.806. The van der Waals surface area contributed by atoms with Gasteiger partial charge >= 0.3 is 0 Å². The van der Waals surface area contributed by atoms with E-state index in [0.29, 0.717) is 0 Å². The van der Waals surface area contributed by atoms with Gasteiger partial charge in [-0.05, 0) is 77.2 Å². The molecule has 0 aromatic heterocycles. The average molecular weight is 366 g/mol. The third-order valence-electron chi connectivity index (χ3n) is 4.54. The van der Waals surface area contributed by atoms with Gasteiger partial charge in [0.05, 0.1) is 0 Å². The molecule has 0 spiro atoms. The molecule has 0 saturated carbocycles. The number of rotatable bonds is 9. The lowest BCUT2D eigenvalue weighted by atomic mass is 9.86. The minimum atomic E-state index is 0.279. The zero-order valence-electron chi connectivity index (χ0n) is 19.0. The average Bonchev–Trinajstić information content (AvgIpc) is 2.58. The molecule has 1 atom stereocenters. The molecule has 0 radical (unpaired) electrons. The number of hydrogen-bond donors (Lipinski definition) is 0. The first kappa shape index (κ1) is 24.8. The smallest absolute Gasteiger partial charge is 0.0302 e. The summed E-state index contributed by atoms with van der Waals surface area (Å²) in [6, 6.07) is 0. The first-order valence-electron chi connectivity index (χ1n) is 9.81. The van der Waals surface area contributed by atoms with Gasteiger partial charge in [0, 0.05) is 17.8 Å². The number of allylic oxidation sites excluding steroid dienone is 11. The van der Waals surface area contributed by atoms with E-state index in [-0.39, 0.29) is 5.92 Å². The van der Waals surface area contributed by atoms with E-state index < -0.39 is 0 Å². The molecule has 0 heterocycles. The predicted octanol–water partition coefficient (Wildman–Crippen LogP) is 8.31. The molecule has 148 valence electrons. The molecule has 0 aromatic carbocycles. The van der Waals surface area contributed by atoms with E-state index in [1.165, 1.54) is 27.9 Å². The molecule has 0 aliphatic carbocycles. The third-order valence-corrected chi connectivity index (χ3v) is 4.54. The summed E-state index contributed by atoms with van der Waals surface area (Å²) in [4.78, 5) is 4.45. The van der Waals surface area contributed by atoms with Gasteiger partial charge in [-0.2, -0.15) is 0 Å². The molecule has 0 saturated heterocycles. The van der Waals surface area contributed by atoms with E-state index in [0.717, 1.165) is 23.3 Å². The third kappa shape index (κ3) is 8.86. The predicted molar refractivity (Wildman–Crippen MR) is 125 cm³/mol. The molecule has 0 N–H and O–H groups in total. The van der Waals surface area contributed by atoms with Crippen LogP contribution in [0.15, 0.2) is 87.7 Å². The molecular formula is C26H39N. The van der Waals surface area contributed by atoms with Gasteiger partial charge in [0.25, 0.3) is 0 Å². The first-order valence-corrected chi connectivity index (χ1v) is 9.81. The Morgan fingerprint density at radius 3 is 1.93 bits per heavy atom. The molecule has 1 heteroatoms. The highest BCUT2D eigenvalue weighted by Crippen LogP contribution is 2.29. The van der Waals surface area contributed by atoms with Gasteiger partial charge < -0.3 is 0 Å². The lowest BCUT2D eigenvalue weighted by Crippen LogP contribution is -2.04. The van der Waals surface area contributed by atoms with Crippen LogP contribution in [0.5, 0.6) is 0 Å². The van der Waals surface area contributed by atoms with Crippen molar-refractivity contribution in [1.29, 1.82) is 0 Å². The molecule has 1 unspecified atom stereocenters. The Morgan fingerprint density at radius 2 is 1.52 bits per heavy atom. The topological polar surface area (TPSA) is 12.4 Å². The van der Waals surface area contributed by atoms with Gasteiger partial charge in [0.2, 0.25) is 0 Å². The van der Waals surface area contributed by atoms with Gasteiger partial charge in [-0.3, -0.25) is 4.99 Å². The van der Waals surface area contributed by atoms with Crippen molar-refractivity contribution >= 4 is 5.71 Å². The second kappa shape index (κ2) is 12.3. The van der Waals surface area contributed by atoms with Crippen molar-refractivity contribution in [3.63, 3.8) is 0 Å². The largest absolute Gasteiger partial charge is 0.266 e. The molecular weight excluding hydrogens is 326 g/mol. The second-order valence-corrected chi connectivity index (χ2v) is 7.47. The van der Waals surface area contributed by atoms with Gasteiger partial charge in [-0.1, -0.05) is 68.0 Å². The lowest BCUT2D eigenvalue weighted by Gasteiger charge is -2.19. The van der Waals surface area contributed by atoms with Crippen LogP contribution in [0.3, 0.4) is 0 Å². The summed E-state index contributed by atoms with van der Waals surface area (Å²) in [6.07, 6.45) is 11.8. The minimum Gasteiger partial charge on any atom is -0.266 e. The zero-order chi connectivity index (χ0) is 21.1.